The molecule has 0 spiro atoms. The zero-order valence-electron chi connectivity index (χ0n) is 31.9. The predicted molar refractivity (Wildman–Crippen MR) is 246 cm³/mol. The Morgan fingerprint density at radius 1 is 0.271 bits per heavy atom. The molecule has 0 saturated carbocycles. The summed E-state index contributed by atoms with van der Waals surface area (Å²) in [6, 6.07) is 73.3. The number of hydrogen-bond acceptors (Lipinski definition) is 3. The van der Waals surface area contributed by atoms with Gasteiger partial charge in [0, 0.05) is 33.2 Å². The third-order valence-electron chi connectivity index (χ3n) is 11.8. The molecule has 2 heterocycles. The fraction of sp³-hybridized carbons (Fsp3) is 0. The van der Waals surface area contributed by atoms with Crippen molar-refractivity contribution >= 4 is 64.9 Å². The van der Waals surface area contributed by atoms with Gasteiger partial charge in [0.1, 0.15) is 0 Å². The van der Waals surface area contributed by atoms with Gasteiger partial charge in [-0.2, -0.15) is 0 Å². The van der Waals surface area contributed by atoms with Gasteiger partial charge in [0.25, 0.3) is 0 Å². The van der Waals surface area contributed by atoms with Gasteiger partial charge in [0.05, 0.1) is 11.0 Å². The molecule has 2 aromatic heterocycles. The minimum Gasteiger partial charge on any atom is -0.309 e. The van der Waals surface area contributed by atoms with E-state index in [2.05, 4.69) is 193 Å². The summed E-state index contributed by atoms with van der Waals surface area (Å²) >= 11 is 0. The van der Waals surface area contributed by atoms with E-state index in [0.717, 1.165) is 38.9 Å². The van der Waals surface area contributed by atoms with Crippen LogP contribution in [-0.2, 0) is 0 Å². The van der Waals surface area contributed by atoms with Crippen molar-refractivity contribution in [3.63, 3.8) is 0 Å². The van der Waals surface area contributed by atoms with Crippen molar-refractivity contribution in [2.45, 2.75) is 0 Å². The van der Waals surface area contributed by atoms with Gasteiger partial charge in [-0.3, -0.25) is 0 Å². The second-order valence-corrected chi connectivity index (χ2v) is 15.2. The number of para-hydroxylation sites is 2. The second kappa shape index (κ2) is 13.3. The fourth-order valence-corrected chi connectivity index (χ4v) is 9.11. The molecule has 12 aromatic rings. The van der Waals surface area contributed by atoms with Crippen molar-refractivity contribution in [1.82, 2.24) is 19.5 Å². The molecule has 12 rings (SSSR count). The van der Waals surface area contributed by atoms with E-state index in [0.29, 0.717) is 17.5 Å². The standard InChI is InChI=1S/C55H34N4/c1-3-15-36(16-4-1)53-56-54(37-29-27-35(28-30-37)38-31-32-51-47(33-38)44-23-13-14-26-50(44)59(51)39-17-5-2-6-18-39)58-55(57-53)49-34-48-42-21-8-7-19-40(42)41-20-9-11-24-45(41)52(48)46-25-12-10-22-43(46)49/h1-34H. The quantitative estimate of drug-likeness (QED) is 0.165. The molecule has 274 valence electrons. The maximum atomic E-state index is 5.28. The van der Waals surface area contributed by atoms with Gasteiger partial charge in [-0.15, -0.1) is 0 Å². The number of aromatic nitrogens is 4. The van der Waals surface area contributed by atoms with Gasteiger partial charge < -0.3 is 4.57 Å². The van der Waals surface area contributed by atoms with Crippen LogP contribution >= 0.6 is 0 Å². The summed E-state index contributed by atoms with van der Waals surface area (Å²) < 4.78 is 2.35. The lowest BCUT2D eigenvalue weighted by Crippen LogP contribution is -2.01. The van der Waals surface area contributed by atoms with E-state index in [1.54, 1.807) is 0 Å². The number of benzene rings is 10. The van der Waals surface area contributed by atoms with Crippen LogP contribution in [-0.4, -0.2) is 19.5 Å². The Balaban J connectivity index is 1.03. The van der Waals surface area contributed by atoms with Gasteiger partial charge in [0.2, 0.25) is 0 Å². The molecule has 4 nitrogen and oxygen atoms in total. The Morgan fingerprint density at radius 2 is 0.729 bits per heavy atom. The molecular weight excluding hydrogens is 717 g/mol. The first-order chi connectivity index (χ1) is 29.3. The van der Waals surface area contributed by atoms with Crippen LogP contribution in [0, 0.1) is 0 Å². The van der Waals surface area contributed by atoms with Crippen LogP contribution in [0.25, 0.3) is 116 Å². The average molecular weight is 751 g/mol. The van der Waals surface area contributed by atoms with Crippen LogP contribution in [0.1, 0.15) is 0 Å². The van der Waals surface area contributed by atoms with Crippen molar-refractivity contribution in [3.8, 4) is 51.0 Å². The first kappa shape index (κ1) is 33.2. The Labute approximate surface area is 340 Å². The van der Waals surface area contributed by atoms with E-state index in [9.17, 15) is 0 Å². The fourth-order valence-electron chi connectivity index (χ4n) is 9.11. The molecule has 0 radical (unpaired) electrons. The van der Waals surface area contributed by atoms with E-state index < -0.39 is 0 Å². The lowest BCUT2D eigenvalue weighted by Gasteiger charge is -2.16. The summed E-state index contributed by atoms with van der Waals surface area (Å²) in [5, 5.41) is 12.1. The molecular formula is C55H34N4. The van der Waals surface area contributed by atoms with E-state index in [-0.39, 0.29) is 0 Å². The lowest BCUT2D eigenvalue weighted by atomic mass is 9.89. The monoisotopic (exact) mass is 750 g/mol. The Hall–Kier alpha value is -7.95. The summed E-state index contributed by atoms with van der Waals surface area (Å²) in [7, 11) is 0. The van der Waals surface area contributed by atoms with Crippen molar-refractivity contribution in [2.75, 3.05) is 0 Å². The summed E-state index contributed by atoms with van der Waals surface area (Å²) in [6.45, 7) is 0. The lowest BCUT2D eigenvalue weighted by molar-refractivity contribution is 1.08. The Kier molecular flexibility index (Phi) is 7.50. The van der Waals surface area contributed by atoms with Crippen molar-refractivity contribution in [2.24, 2.45) is 0 Å². The van der Waals surface area contributed by atoms with E-state index in [1.165, 1.54) is 59.5 Å². The summed E-state index contributed by atoms with van der Waals surface area (Å²) in [5.41, 5.74) is 8.67. The first-order valence-electron chi connectivity index (χ1n) is 20.0. The average Bonchev–Trinajstić information content (AvgIpc) is 3.65. The van der Waals surface area contributed by atoms with Gasteiger partial charge in [-0.1, -0.05) is 170 Å². The molecule has 0 N–H and O–H groups in total. The molecule has 0 aliphatic carbocycles. The molecule has 0 saturated heterocycles. The zero-order valence-corrected chi connectivity index (χ0v) is 31.9. The maximum absolute atomic E-state index is 5.28. The molecule has 0 unspecified atom stereocenters. The van der Waals surface area contributed by atoms with E-state index in [1.807, 2.05) is 18.2 Å². The number of fused-ring (bicyclic) bond motifs is 11. The molecule has 10 aromatic carbocycles. The topological polar surface area (TPSA) is 43.6 Å². The molecule has 0 fully saturated rings. The molecule has 0 bridgehead atoms. The third kappa shape index (κ3) is 5.34. The zero-order chi connectivity index (χ0) is 38.9. The second-order valence-electron chi connectivity index (χ2n) is 15.2. The van der Waals surface area contributed by atoms with Crippen LogP contribution < -0.4 is 0 Å². The smallest absolute Gasteiger partial charge is 0.164 e. The highest BCUT2D eigenvalue weighted by molar-refractivity contribution is 6.32. The molecule has 0 aliphatic heterocycles. The predicted octanol–water partition coefficient (Wildman–Crippen LogP) is 14.2. The largest absolute Gasteiger partial charge is 0.309 e. The number of nitrogens with zero attached hydrogens (tertiary/aromatic N) is 4. The Morgan fingerprint density at radius 3 is 1.42 bits per heavy atom. The van der Waals surface area contributed by atoms with Crippen molar-refractivity contribution in [1.29, 1.82) is 0 Å². The SMILES string of the molecule is c1ccc(-c2nc(-c3ccc(-c4ccc5c(c4)c4ccccc4n5-c4ccccc4)cc3)nc(-c3cc4c5ccccc5c5ccccc5c4c4ccccc34)n2)cc1. The van der Waals surface area contributed by atoms with Gasteiger partial charge in [-0.05, 0) is 90.6 Å². The highest BCUT2D eigenvalue weighted by Crippen LogP contribution is 2.43. The molecule has 59 heavy (non-hydrogen) atoms. The minimum absolute atomic E-state index is 0.634. The van der Waals surface area contributed by atoms with Crippen LogP contribution in [0.2, 0.25) is 0 Å². The summed E-state index contributed by atoms with van der Waals surface area (Å²) in [6.07, 6.45) is 0. The molecule has 4 heteroatoms. The highest BCUT2D eigenvalue weighted by Gasteiger charge is 2.19. The van der Waals surface area contributed by atoms with Gasteiger partial charge in [-0.25, -0.2) is 15.0 Å². The van der Waals surface area contributed by atoms with Gasteiger partial charge >= 0.3 is 0 Å². The normalized spacial score (nSPS) is 11.7. The molecule has 0 atom stereocenters. The summed E-state index contributed by atoms with van der Waals surface area (Å²) in [4.78, 5) is 15.6. The molecule has 0 amide bonds. The number of rotatable bonds is 5. The van der Waals surface area contributed by atoms with Crippen LogP contribution in [0.4, 0.5) is 0 Å². The summed E-state index contributed by atoms with van der Waals surface area (Å²) in [5.74, 6) is 1.92. The highest BCUT2D eigenvalue weighted by atomic mass is 15.0. The third-order valence-corrected chi connectivity index (χ3v) is 11.8. The van der Waals surface area contributed by atoms with E-state index >= 15 is 0 Å². The Bertz CT molecular complexity index is 3590. The van der Waals surface area contributed by atoms with Gasteiger partial charge in [0.15, 0.2) is 17.5 Å². The van der Waals surface area contributed by atoms with Crippen LogP contribution in [0.3, 0.4) is 0 Å². The van der Waals surface area contributed by atoms with Crippen molar-refractivity contribution < 1.29 is 0 Å². The number of hydrogen-bond donors (Lipinski definition) is 0. The maximum Gasteiger partial charge on any atom is 0.164 e. The van der Waals surface area contributed by atoms with Crippen LogP contribution in [0.5, 0.6) is 0 Å². The minimum atomic E-state index is 0.634. The van der Waals surface area contributed by atoms with E-state index in [4.69, 9.17) is 15.0 Å². The van der Waals surface area contributed by atoms with Crippen molar-refractivity contribution in [3.05, 3.63) is 206 Å². The molecule has 0 aliphatic rings. The van der Waals surface area contributed by atoms with Crippen LogP contribution in [0.15, 0.2) is 206 Å². The first-order valence-corrected chi connectivity index (χ1v) is 20.0.